The van der Waals surface area contributed by atoms with Gasteiger partial charge in [0.25, 0.3) is 0 Å². The van der Waals surface area contributed by atoms with Gasteiger partial charge in [-0.05, 0) is 53.9 Å². The maximum atomic E-state index is 14.4. The van der Waals surface area contributed by atoms with Gasteiger partial charge >= 0.3 is 5.97 Å². The topological polar surface area (TPSA) is 172 Å². The van der Waals surface area contributed by atoms with E-state index in [1.807, 2.05) is 135 Å². The number of carbonyl (C=O) groups is 6. The number of hydrogen-bond acceptors (Lipinski definition) is 7. The second kappa shape index (κ2) is 24.0. The first kappa shape index (κ1) is 48.1. The van der Waals surface area contributed by atoms with Gasteiger partial charge in [-0.25, -0.2) is 4.79 Å². The van der Waals surface area contributed by atoms with Crippen LogP contribution in [0.4, 0.5) is 0 Å². The number of esters is 1. The number of benzene rings is 4. The summed E-state index contributed by atoms with van der Waals surface area (Å²) in [4.78, 5) is 80.6. The van der Waals surface area contributed by atoms with E-state index < -0.39 is 53.4 Å². The van der Waals surface area contributed by atoms with Gasteiger partial charge in [0.2, 0.25) is 29.5 Å². The van der Waals surface area contributed by atoms with E-state index in [-0.39, 0.29) is 55.9 Å². The normalized spacial score (nSPS) is 13.4. The van der Waals surface area contributed by atoms with E-state index in [1.54, 1.807) is 20.8 Å². The van der Waals surface area contributed by atoms with Crippen LogP contribution in [-0.2, 0) is 45.5 Å². The van der Waals surface area contributed by atoms with E-state index in [4.69, 9.17) is 4.74 Å². The van der Waals surface area contributed by atoms with E-state index in [0.717, 1.165) is 22.3 Å². The molecule has 4 aromatic carbocycles. The molecule has 0 radical (unpaired) electrons. The molecule has 0 aliphatic carbocycles. The van der Waals surface area contributed by atoms with Crippen molar-refractivity contribution in [2.45, 2.75) is 96.9 Å². The third-order valence-electron chi connectivity index (χ3n) is 10.3. The molecule has 0 unspecified atom stereocenters. The molecule has 0 aliphatic heterocycles. The SMILES string of the molecule is CCOC(=O)/C=C/[C@H](CCC(=O)NC(c1ccccc1)(c1ccccc1)c1ccccc1)NC(=O)[C@H](Cc1ccccc1)NC(=O)[C@H](CC(C)C)NC(=O)[C@@H](NC(C)=O)C(C)C. The summed E-state index contributed by atoms with van der Waals surface area (Å²) in [6.07, 6.45) is 3.09. The second-order valence-electron chi connectivity index (χ2n) is 16.0. The number of rotatable bonds is 22. The lowest BCUT2D eigenvalue weighted by Crippen LogP contribution is -2.58. The first-order chi connectivity index (χ1) is 29.7. The standard InChI is InChI=1S/C50H61N5O7/c1-7-62-45(58)31-29-41(28-30-44(57)55-50(38-22-14-9-15-23-38,39-24-16-10-17-25-39)40-26-18-11-19-27-40)52-47(59)43(33-37-20-12-8-13-21-37)53-48(60)42(32-34(2)3)54-49(61)46(35(4)5)51-36(6)56/h8-27,29,31,34-35,41-43,46H,7,28,30,32-33H2,1-6H3,(H,51,56)(H,52,59)(H,53,60)(H,54,61)(H,55,57)/b31-29+/t41-,42-,43-,46-/m0/s1. The van der Waals surface area contributed by atoms with Crippen LogP contribution in [0, 0.1) is 11.8 Å². The Balaban J connectivity index is 1.63. The molecule has 328 valence electrons. The summed E-state index contributed by atoms with van der Waals surface area (Å²) >= 11 is 0. The third-order valence-corrected chi connectivity index (χ3v) is 10.3. The van der Waals surface area contributed by atoms with Crippen molar-refractivity contribution >= 4 is 35.5 Å². The summed E-state index contributed by atoms with van der Waals surface area (Å²) in [7, 11) is 0. The molecule has 0 saturated heterocycles. The largest absolute Gasteiger partial charge is 0.463 e. The van der Waals surface area contributed by atoms with Crippen molar-refractivity contribution in [3.8, 4) is 0 Å². The molecule has 0 heterocycles. The average molecular weight is 844 g/mol. The molecule has 62 heavy (non-hydrogen) atoms. The van der Waals surface area contributed by atoms with Crippen molar-refractivity contribution in [2.24, 2.45) is 11.8 Å². The summed E-state index contributed by atoms with van der Waals surface area (Å²) < 4.78 is 5.12. The van der Waals surface area contributed by atoms with Crippen LogP contribution in [0.3, 0.4) is 0 Å². The van der Waals surface area contributed by atoms with Gasteiger partial charge in [-0.15, -0.1) is 0 Å². The van der Waals surface area contributed by atoms with Crippen molar-refractivity contribution < 1.29 is 33.5 Å². The zero-order valence-corrected chi connectivity index (χ0v) is 36.6. The molecular weight excluding hydrogens is 783 g/mol. The van der Waals surface area contributed by atoms with E-state index in [2.05, 4.69) is 26.6 Å². The highest BCUT2D eigenvalue weighted by Gasteiger charge is 2.38. The summed E-state index contributed by atoms with van der Waals surface area (Å²) in [5, 5.41) is 14.7. The Bertz CT molecular complexity index is 2000. The summed E-state index contributed by atoms with van der Waals surface area (Å²) in [6.45, 7) is 10.6. The lowest BCUT2D eigenvalue weighted by Gasteiger charge is -2.37. The van der Waals surface area contributed by atoms with Crippen molar-refractivity contribution in [1.29, 1.82) is 0 Å². The van der Waals surface area contributed by atoms with Crippen molar-refractivity contribution in [3.05, 3.63) is 156 Å². The first-order valence-electron chi connectivity index (χ1n) is 21.3. The smallest absolute Gasteiger partial charge is 0.330 e. The minimum Gasteiger partial charge on any atom is -0.463 e. The van der Waals surface area contributed by atoms with Crippen LogP contribution in [0.25, 0.3) is 0 Å². The van der Waals surface area contributed by atoms with Crippen LogP contribution in [0.5, 0.6) is 0 Å². The molecule has 4 rings (SSSR count). The van der Waals surface area contributed by atoms with Crippen molar-refractivity contribution in [2.75, 3.05) is 6.61 Å². The second-order valence-corrected chi connectivity index (χ2v) is 16.0. The molecule has 0 aliphatic rings. The lowest BCUT2D eigenvalue weighted by atomic mass is 9.77. The maximum absolute atomic E-state index is 14.4. The lowest BCUT2D eigenvalue weighted by molar-refractivity contribution is -0.137. The van der Waals surface area contributed by atoms with E-state index >= 15 is 0 Å². The van der Waals surface area contributed by atoms with Crippen LogP contribution < -0.4 is 26.6 Å². The summed E-state index contributed by atoms with van der Waals surface area (Å²) in [5.74, 6) is -3.25. The van der Waals surface area contributed by atoms with Crippen LogP contribution in [-0.4, -0.2) is 66.3 Å². The fraction of sp³-hybridized carbons (Fsp3) is 0.360. The number of ether oxygens (including phenoxy) is 1. The number of hydrogen-bond donors (Lipinski definition) is 5. The Morgan fingerprint density at radius 2 is 1.11 bits per heavy atom. The van der Waals surface area contributed by atoms with Gasteiger partial charge in [0.1, 0.15) is 23.7 Å². The third kappa shape index (κ3) is 14.3. The van der Waals surface area contributed by atoms with Crippen LogP contribution in [0.2, 0.25) is 0 Å². The molecular formula is C50H61N5O7. The molecule has 0 saturated carbocycles. The Hall–Kier alpha value is -6.56. The highest BCUT2D eigenvalue weighted by Crippen LogP contribution is 2.37. The van der Waals surface area contributed by atoms with Crippen molar-refractivity contribution in [3.63, 3.8) is 0 Å². The minimum absolute atomic E-state index is 0.0151. The molecule has 12 nitrogen and oxygen atoms in total. The molecule has 0 bridgehead atoms. The highest BCUT2D eigenvalue weighted by molar-refractivity contribution is 5.94. The van der Waals surface area contributed by atoms with Crippen LogP contribution >= 0.6 is 0 Å². The Morgan fingerprint density at radius 1 is 0.629 bits per heavy atom. The van der Waals surface area contributed by atoms with Gasteiger partial charge < -0.3 is 31.3 Å². The maximum Gasteiger partial charge on any atom is 0.330 e. The molecule has 4 atom stereocenters. The fourth-order valence-electron chi connectivity index (χ4n) is 7.27. The van der Waals surface area contributed by atoms with Gasteiger partial charge in [-0.2, -0.15) is 0 Å². The molecule has 4 aromatic rings. The quantitative estimate of drug-likeness (QED) is 0.0373. The van der Waals surface area contributed by atoms with Gasteiger partial charge in [0.15, 0.2) is 0 Å². The Morgan fingerprint density at radius 3 is 1.58 bits per heavy atom. The van der Waals surface area contributed by atoms with Gasteiger partial charge in [0, 0.05) is 31.9 Å². The van der Waals surface area contributed by atoms with E-state index in [1.165, 1.54) is 19.1 Å². The predicted octanol–water partition coefficient (Wildman–Crippen LogP) is 5.90. The average Bonchev–Trinajstić information content (AvgIpc) is 3.26. The predicted molar refractivity (Wildman–Crippen MR) is 240 cm³/mol. The Kier molecular flexibility index (Phi) is 18.6. The summed E-state index contributed by atoms with van der Waals surface area (Å²) in [5.41, 5.74) is 2.24. The van der Waals surface area contributed by atoms with Crippen molar-refractivity contribution in [1.82, 2.24) is 26.6 Å². The molecule has 0 spiro atoms. The molecule has 5 N–H and O–H groups in total. The molecule has 5 amide bonds. The first-order valence-corrected chi connectivity index (χ1v) is 21.3. The highest BCUT2D eigenvalue weighted by atomic mass is 16.5. The number of carbonyl (C=O) groups excluding carboxylic acids is 6. The van der Waals surface area contributed by atoms with E-state index in [0.29, 0.717) is 0 Å². The van der Waals surface area contributed by atoms with Crippen LogP contribution in [0.1, 0.15) is 83.1 Å². The molecule has 0 aromatic heterocycles. The zero-order valence-electron chi connectivity index (χ0n) is 36.6. The van der Waals surface area contributed by atoms with Gasteiger partial charge in [-0.1, -0.05) is 155 Å². The molecule has 12 heteroatoms. The number of amides is 5. The van der Waals surface area contributed by atoms with E-state index in [9.17, 15) is 28.8 Å². The monoisotopic (exact) mass is 843 g/mol. The van der Waals surface area contributed by atoms with Crippen LogP contribution in [0.15, 0.2) is 133 Å². The number of nitrogens with one attached hydrogen (secondary N) is 5. The van der Waals surface area contributed by atoms with Gasteiger partial charge in [0.05, 0.1) is 6.61 Å². The molecule has 0 fully saturated rings. The Labute approximate surface area is 365 Å². The zero-order chi connectivity index (χ0) is 45.1. The minimum atomic E-state index is -1.12. The fourth-order valence-corrected chi connectivity index (χ4v) is 7.27. The summed E-state index contributed by atoms with van der Waals surface area (Å²) in [6, 6.07) is 34.4. The van der Waals surface area contributed by atoms with Gasteiger partial charge in [-0.3, -0.25) is 24.0 Å².